The first-order valence-electron chi connectivity index (χ1n) is 12.8. The van der Waals surface area contributed by atoms with Gasteiger partial charge in [-0.1, -0.05) is 13.8 Å². The second kappa shape index (κ2) is 10.5. The quantitative estimate of drug-likeness (QED) is 0.331. The summed E-state index contributed by atoms with van der Waals surface area (Å²) in [6.07, 6.45) is 5.47. The van der Waals surface area contributed by atoms with Crippen LogP contribution in [0.1, 0.15) is 65.2 Å². The Hall–Kier alpha value is -0.910. The first-order chi connectivity index (χ1) is 16.3. The lowest BCUT2D eigenvalue weighted by atomic mass is 9.44. The van der Waals surface area contributed by atoms with Crippen LogP contribution in [-0.2, 0) is 19.4 Å². The van der Waals surface area contributed by atoms with E-state index in [1.165, 1.54) is 0 Å². The van der Waals surface area contributed by atoms with Crippen molar-refractivity contribution in [3.8, 4) is 0 Å². The Labute approximate surface area is 207 Å². The third kappa shape index (κ3) is 4.99. The third-order valence-corrected chi connectivity index (χ3v) is 11.5. The van der Waals surface area contributed by atoms with Crippen molar-refractivity contribution in [1.82, 2.24) is 0 Å². The molecule has 4 fully saturated rings. The van der Waals surface area contributed by atoms with Gasteiger partial charge >= 0.3 is 0 Å². The van der Waals surface area contributed by atoms with Crippen LogP contribution in [-0.4, -0.2) is 88.5 Å². The molecule has 0 aromatic carbocycles. The topological polar surface area (TPSA) is 169 Å². The summed E-state index contributed by atoms with van der Waals surface area (Å²) in [5, 5.41) is 47.0. The summed E-state index contributed by atoms with van der Waals surface area (Å²) in [5.41, 5.74) is -2.40. The Balaban J connectivity index is 0.000000327. The maximum atomic E-state index is 13.4. The first kappa shape index (κ1) is 28.7. The van der Waals surface area contributed by atoms with Gasteiger partial charge in [0.2, 0.25) is 0 Å². The second-order valence-corrected chi connectivity index (χ2v) is 13.9. The molecular formula is C25H42O9S. The minimum absolute atomic E-state index is 0.0154. The summed E-state index contributed by atoms with van der Waals surface area (Å²) in [6.45, 7) is 2.72. The molecule has 0 spiro atoms. The van der Waals surface area contributed by atoms with E-state index in [4.69, 9.17) is 10.2 Å². The van der Waals surface area contributed by atoms with Gasteiger partial charge in [-0.15, -0.1) is 0 Å². The van der Waals surface area contributed by atoms with Crippen molar-refractivity contribution < 1.29 is 43.5 Å². The second-order valence-electron chi connectivity index (χ2n) is 11.6. The van der Waals surface area contributed by atoms with E-state index < -0.39 is 33.2 Å². The average molecular weight is 519 g/mol. The van der Waals surface area contributed by atoms with Crippen molar-refractivity contribution in [2.75, 3.05) is 31.3 Å². The van der Waals surface area contributed by atoms with E-state index in [-0.39, 0.29) is 66.2 Å². The Morgan fingerprint density at radius 3 is 2.20 bits per heavy atom. The highest BCUT2D eigenvalue weighted by Crippen LogP contribution is 2.67. The number of aliphatic hydroxyl groups excluding tert-OH is 4. The monoisotopic (exact) mass is 518 g/mol. The van der Waals surface area contributed by atoms with Crippen molar-refractivity contribution >= 4 is 21.4 Å². The van der Waals surface area contributed by atoms with Crippen LogP contribution < -0.4 is 0 Å². The predicted molar refractivity (Wildman–Crippen MR) is 128 cm³/mol. The van der Waals surface area contributed by atoms with Crippen molar-refractivity contribution in [3.63, 3.8) is 0 Å². The van der Waals surface area contributed by atoms with E-state index in [0.29, 0.717) is 12.3 Å². The maximum Gasteiger partial charge on any atom is 0.190 e. The van der Waals surface area contributed by atoms with Gasteiger partial charge < -0.3 is 25.5 Å². The Morgan fingerprint density at radius 1 is 1.00 bits per heavy atom. The fourth-order valence-corrected chi connectivity index (χ4v) is 8.78. The minimum atomic E-state index is -3.18. The molecule has 4 aliphatic carbocycles. The number of hydrogen-bond donors (Lipinski definition) is 5. The fraction of sp³-hybridized carbons (Fsp3) is 0.920. The lowest BCUT2D eigenvalue weighted by Gasteiger charge is -2.60. The molecule has 0 aliphatic heterocycles. The molecule has 0 heterocycles. The largest absolute Gasteiger partial charge is 0.395 e. The highest BCUT2D eigenvalue weighted by molar-refractivity contribution is 7.91. The number of Topliss-reactive ketones (excluding diaryl/α,β-unsaturated/α-hetero) is 2. The molecular weight excluding hydrogens is 476 g/mol. The molecule has 4 rings (SSSR count). The number of carbonyl (C=O) groups excluding carboxylic acids is 2. The molecule has 0 aromatic heterocycles. The van der Waals surface area contributed by atoms with Gasteiger partial charge in [0.1, 0.15) is 18.0 Å². The number of rotatable bonds is 6. The summed E-state index contributed by atoms with van der Waals surface area (Å²) < 4.78 is 21.0. The summed E-state index contributed by atoms with van der Waals surface area (Å²) in [7, 11) is -3.18. The average Bonchev–Trinajstić information content (AvgIpc) is 3.05. The lowest BCUT2D eigenvalue weighted by Crippen LogP contribution is -2.62. The van der Waals surface area contributed by atoms with Gasteiger partial charge in [-0.3, -0.25) is 9.59 Å². The van der Waals surface area contributed by atoms with Gasteiger partial charge in [0, 0.05) is 17.8 Å². The molecule has 0 radical (unpaired) electrons. The van der Waals surface area contributed by atoms with Crippen molar-refractivity contribution in [3.05, 3.63) is 0 Å². The molecule has 4 aliphatic rings. The smallest absolute Gasteiger partial charge is 0.190 e. The predicted octanol–water partition coefficient (Wildman–Crippen LogP) is 0.247. The van der Waals surface area contributed by atoms with Crippen LogP contribution in [0, 0.1) is 34.5 Å². The molecule has 0 unspecified atom stereocenters. The number of ketones is 2. The molecule has 0 amide bonds. The van der Waals surface area contributed by atoms with Crippen LogP contribution in [0.25, 0.3) is 0 Å². The third-order valence-electron chi connectivity index (χ3n) is 9.89. The maximum absolute atomic E-state index is 13.4. The Bertz CT molecular complexity index is 893. The highest BCUT2D eigenvalue weighted by Gasteiger charge is 2.68. The molecule has 0 aromatic rings. The normalized spacial score (nSPS) is 42.8. The van der Waals surface area contributed by atoms with E-state index in [2.05, 4.69) is 6.92 Å². The van der Waals surface area contributed by atoms with Crippen molar-refractivity contribution in [2.45, 2.75) is 76.9 Å². The summed E-state index contributed by atoms with van der Waals surface area (Å²) in [6, 6.07) is 0. The molecule has 9 nitrogen and oxygen atoms in total. The van der Waals surface area contributed by atoms with E-state index in [0.717, 1.165) is 38.5 Å². The number of fused-ring (bicyclic) bond motifs is 5. The Kier molecular flexibility index (Phi) is 8.56. The van der Waals surface area contributed by atoms with Crippen LogP contribution in [0.5, 0.6) is 0 Å². The first-order valence-corrected chi connectivity index (χ1v) is 14.6. The van der Waals surface area contributed by atoms with E-state index >= 15 is 0 Å². The van der Waals surface area contributed by atoms with Gasteiger partial charge in [-0.2, -0.15) is 0 Å². The van der Waals surface area contributed by atoms with Crippen LogP contribution >= 0.6 is 0 Å². The number of aliphatic hydroxyl groups is 5. The van der Waals surface area contributed by atoms with E-state index in [1.807, 2.05) is 6.92 Å². The number of carbonyl (C=O) groups is 2. The van der Waals surface area contributed by atoms with Gasteiger partial charge in [0.15, 0.2) is 15.6 Å². The molecule has 0 saturated heterocycles. The lowest BCUT2D eigenvalue weighted by molar-refractivity contribution is -0.180. The SMILES string of the molecule is C[C@]12CC[C@@H](O)C[C@H]1CC[C@@H]1[C@@H]2C(=O)C[C@@]2(C)[C@H]1CC[C@]2(O)C(=O)CO.O=S(=O)(CCO)CCO. The number of sulfone groups is 1. The molecule has 10 heteroatoms. The van der Waals surface area contributed by atoms with Crippen LogP contribution in [0.15, 0.2) is 0 Å². The van der Waals surface area contributed by atoms with E-state index in [1.54, 1.807) is 0 Å². The van der Waals surface area contributed by atoms with Gasteiger partial charge in [0.25, 0.3) is 0 Å². The summed E-state index contributed by atoms with van der Waals surface area (Å²) >= 11 is 0. The molecule has 8 atom stereocenters. The zero-order valence-corrected chi connectivity index (χ0v) is 21.7. The minimum Gasteiger partial charge on any atom is -0.395 e. The van der Waals surface area contributed by atoms with Crippen LogP contribution in [0.4, 0.5) is 0 Å². The molecule has 35 heavy (non-hydrogen) atoms. The standard InChI is InChI=1S/C21H32O5.C4H10O4S/c1-19-7-5-13(23)9-12(19)3-4-14-15-6-8-21(26,17(25)11-22)20(15,2)10-16(24)18(14)19;5-1-3-9(7,8)4-2-6/h12-15,18,22-23,26H,3-11H2,1-2H3;5-6H,1-4H2/t12-,13-,14+,15+,18-,19+,20+,21+;/m1./s1. The summed E-state index contributed by atoms with van der Waals surface area (Å²) in [4.78, 5) is 25.7. The Morgan fingerprint density at radius 2 is 1.63 bits per heavy atom. The van der Waals surface area contributed by atoms with Crippen molar-refractivity contribution in [1.29, 1.82) is 0 Å². The fourth-order valence-electron chi connectivity index (χ4n) is 8.02. The molecule has 5 N–H and O–H groups in total. The molecule has 4 saturated carbocycles. The summed E-state index contributed by atoms with van der Waals surface area (Å²) in [5.74, 6) is -0.133. The zero-order chi connectivity index (χ0) is 26.2. The molecule has 0 bridgehead atoms. The van der Waals surface area contributed by atoms with Gasteiger partial charge in [0.05, 0.1) is 30.8 Å². The highest BCUT2D eigenvalue weighted by atomic mass is 32.2. The van der Waals surface area contributed by atoms with Gasteiger partial charge in [-0.05, 0) is 68.1 Å². The van der Waals surface area contributed by atoms with Crippen LogP contribution in [0.2, 0.25) is 0 Å². The van der Waals surface area contributed by atoms with E-state index in [9.17, 15) is 33.3 Å². The number of hydrogen-bond acceptors (Lipinski definition) is 9. The zero-order valence-electron chi connectivity index (χ0n) is 20.9. The van der Waals surface area contributed by atoms with Crippen molar-refractivity contribution in [2.24, 2.45) is 34.5 Å². The molecule has 202 valence electrons. The van der Waals surface area contributed by atoms with Gasteiger partial charge in [-0.25, -0.2) is 8.42 Å². The van der Waals surface area contributed by atoms with Crippen LogP contribution in [0.3, 0.4) is 0 Å².